The second kappa shape index (κ2) is 8.35. The van der Waals surface area contributed by atoms with Gasteiger partial charge in [-0.1, -0.05) is 26.7 Å². The van der Waals surface area contributed by atoms with Gasteiger partial charge in [-0.3, -0.25) is 4.90 Å². The summed E-state index contributed by atoms with van der Waals surface area (Å²) < 4.78 is 5.27. The first-order chi connectivity index (χ1) is 9.69. The van der Waals surface area contributed by atoms with Crippen LogP contribution in [0.3, 0.4) is 0 Å². The van der Waals surface area contributed by atoms with Crippen LogP contribution in [0.25, 0.3) is 0 Å². The number of rotatable bonds is 7. The van der Waals surface area contributed by atoms with Gasteiger partial charge in [0.25, 0.3) is 0 Å². The second-order valence-electron chi connectivity index (χ2n) is 7.24. The maximum absolute atomic E-state index is 5.27. The minimum atomic E-state index is 0.699. The third-order valence-electron chi connectivity index (χ3n) is 4.96. The van der Waals surface area contributed by atoms with Gasteiger partial charge < -0.3 is 10.1 Å². The van der Waals surface area contributed by atoms with Crippen molar-refractivity contribution < 1.29 is 4.74 Å². The van der Waals surface area contributed by atoms with Gasteiger partial charge in [0.15, 0.2) is 0 Å². The van der Waals surface area contributed by atoms with Gasteiger partial charge in [0.05, 0.1) is 6.61 Å². The molecule has 0 radical (unpaired) electrons. The number of ether oxygens (including phenoxy) is 1. The second-order valence-corrected chi connectivity index (χ2v) is 7.24. The zero-order chi connectivity index (χ0) is 14.4. The molecule has 0 amide bonds. The van der Waals surface area contributed by atoms with Gasteiger partial charge in [-0.25, -0.2) is 0 Å². The fraction of sp³-hybridized carbons (Fsp3) is 1.00. The highest BCUT2D eigenvalue weighted by atomic mass is 16.5. The Morgan fingerprint density at radius 2 is 1.95 bits per heavy atom. The van der Waals surface area contributed by atoms with Gasteiger partial charge >= 0.3 is 0 Å². The Morgan fingerprint density at radius 1 is 1.15 bits per heavy atom. The van der Waals surface area contributed by atoms with Gasteiger partial charge in [-0.15, -0.1) is 0 Å². The summed E-state index contributed by atoms with van der Waals surface area (Å²) in [6.45, 7) is 8.93. The predicted octanol–water partition coefficient (Wildman–Crippen LogP) is 2.90. The molecule has 2 fully saturated rings. The number of hydrogen-bond donors (Lipinski definition) is 1. The molecule has 1 saturated heterocycles. The van der Waals surface area contributed by atoms with E-state index in [1.54, 1.807) is 7.11 Å². The van der Waals surface area contributed by atoms with E-state index in [9.17, 15) is 0 Å². The summed E-state index contributed by atoms with van der Waals surface area (Å²) in [5, 5.41) is 3.95. The lowest BCUT2D eigenvalue weighted by Gasteiger charge is -2.42. The molecule has 2 aliphatic rings. The summed E-state index contributed by atoms with van der Waals surface area (Å²) in [4.78, 5) is 2.59. The molecule has 118 valence electrons. The van der Waals surface area contributed by atoms with Crippen LogP contribution in [0.5, 0.6) is 0 Å². The summed E-state index contributed by atoms with van der Waals surface area (Å²) in [5.41, 5.74) is 0. The van der Waals surface area contributed by atoms with Gasteiger partial charge in [-0.2, -0.15) is 0 Å². The van der Waals surface area contributed by atoms with Crippen LogP contribution in [-0.4, -0.2) is 50.3 Å². The van der Waals surface area contributed by atoms with Crippen LogP contribution in [-0.2, 0) is 4.74 Å². The highest BCUT2D eigenvalue weighted by Gasteiger charge is 2.32. The van der Waals surface area contributed by atoms with Crippen molar-refractivity contribution in [2.75, 3.05) is 33.4 Å². The number of piperidine rings is 1. The molecule has 2 rings (SSSR count). The molecule has 3 atom stereocenters. The van der Waals surface area contributed by atoms with E-state index in [-0.39, 0.29) is 0 Å². The normalized spacial score (nSPS) is 30.8. The molecule has 1 heterocycles. The zero-order valence-corrected chi connectivity index (χ0v) is 13.7. The van der Waals surface area contributed by atoms with Crippen molar-refractivity contribution in [1.29, 1.82) is 0 Å². The van der Waals surface area contributed by atoms with Gasteiger partial charge in [0.2, 0.25) is 0 Å². The SMILES string of the molecule is COCCN(CC(C)C)CC1CCC2CCCCC2N1. The Labute approximate surface area is 125 Å². The van der Waals surface area contributed by atoms with E-state index in [2.05, 4.69) is 24.1 Å². The third-order valence-corrected chi connectivity index (χ3v) is 4.96. The van der Waals surface area contributed by atoms with Gasteiger partial charge in [0, 0.05) is 38.8 Å². The molecule has 0 aromatic heterocycles. The van der Waals surface area contributed by atoms with E-state index in [1.165, 1.54) is 51.6 Å². The Bertz CT molecular complexity index is 270. The quantitative estimate of drug-likeness (QED) is 0.777. The molecule has 1 aliphatic carbocycles. The maximum Gasteiger partial charge on any atom is 0.0589 e. The van der Waals surface area contributed by atoms with Gasteiger partial charge in [-0.05, 0) is 37.5 Å². The molecule has 0 bridgehead atoms. The zero-order valence-electron chi connectivity index (χ0n) is 13.7. The minimum absolute atomic E-state index is 0.699. The molecule has 3 unspecified atom stereocenters. The predicted molar refractivity (Wildman–Crippen MR) is 85.1 cm³/mol. The summed E-state index contributed by atoms with van der Waals surface area (Å²) >= 11 is 0. The maximum atomic E-state index is 5.27. The van der Waals surface area contributed by atoms with E-state index in [1.807, 2.05) is 0 Å². The fourth-order valence-electron chi connectivity index (χ4n) is 4.02. The van der Waals surface area contributed by atoms with Crippen molar-refractivity contribution in [3.8, 4) is 0 Å². The molecule has 1 saturated carbocycles. The molecular formula is C17H34N2O. The molecule has 0 aromatic carbocycles. The topological polar surface area (TPSA) is 24.5 Å². The molecule has 3 heteroatoms. The van der Waals surface area contributed by atoms with Crippen LogP contribution in [0, 0.1) is 11.8 Å². The van der Waals surface area contributed by atoms with E-state index in [4.69, 9.17) is 4.74 Å². The third kappa shape index (κ3) is 5.01. The van der Waals surface area contributed by atoms with Crippen molar-refractivity contribution >= 4 is 0 Å². The Kier molecular flexibility index (Phi) is 6.79. The monoisotopic (exact) mass is 282 g/mol. The number of nitrogens with one attached hydrogen (secondary N) is 1. The summed E-state index contributed by atoms with van der Waals surface area (Å²) in [7, 11) is 1.80. The molecular weight excluding hydrogens is 248 g/mol. The van der Waals surface area contributed by atoms with Crippen molar-refractivity contribution in [2.45, 2.75) is 64.5 Å². The first-order valence-corrected chi connectivity index (χ1v) is 8.66. The van der Waals surface area contributed by atoms with Crippen molar-refractivity contribution in [3.63, 3.8) is 0 Å². The highest BCUT2D eigenvalue weighted by Crippen LogP contribution is 2.32. The standard InChI is InChI=1S/C17H34N2O/c1-14(2)12-19(10-11-20-3)13-16-9-8-15-6-4-5-7-17(15)18-16/h14-18H,4-13H2,1-3H3. The molecule has 1 N–H and O–H groups in total. The first-order valence-electron chi connectivity index (χ1n) is 8.66. The molecule has 0 spiro atoms. The van der Waals surface area contributed by atoms with Crippen LogP contribution in [0.4, 0.5) is 0 Å². The van der Waals surface area contributed by atoms with Crippen molar-refractivity contribution in [2.24, 2.45) is 11.8 Å². The number of fused-ring (bicyclic) bond motifs is 1. The summed E-state index contributed by atoms with van der Waals surface area (Å²) in [6.07, 6.45) is 8.57. The smallest absolute Gasteiger partial charge is 0.0589 e. The van der Waals surface area contributed by atoms with Crippen LogP contribution in [0.15, 0.2) is 0 Å². The van der Waals surface area contributed by atoms with E-state index in [0.29, 0.717) is 6.04 Å². The number of nitrogens with zero attached hydrogens (tertiary/aromatic N) is 1. The minimum Gasteiger partial charge on any atom is -0.383 e. The largest absolute Gasteiger partial charge is 0.383 e. The van der Waals surface area contributed by atoms with Crippen LogP contribution >= 0.6 is 0 Å². The Hall–Kier alpha value is -0.120. The van der Waals surface area contributed by atoms with Crippen LogP contribution < -0.4 is 5.32 Å². The molecule has 0 aromatic rings. The van der Waals surface area contributed by atoms with E-state index < -0.39 is 0 Å². The number of methoxy groups -OCH3 is 1. The lowest BCUT2D eigenvalue weighted by Crippen LogP contribution is -2.53. The number of hydrogen-bond acceptors (Lipinski definition) is 3. The molecule has 1 aliphatic heterocycles. The molecule has 20 heavy (non-hydrogen) atoms. The lowest BCUT2D eigenvalue weighted by molar-refractivity contribution is 0.109. The van der Waals surface area contributed by atoms with E-state index in [0.717, 1.165) is 31.0 Å². The average Bonchev–Trinajstić information content (AvgIpc) is 2.44. The summed E-state index contributed by atoms with van der Waals surface area (Å²) in [6, 6.07) is 1.51. The fourth-order valence-corrected chi connectivity index (χ4v) is 4.02. The Morgan fingerprint density at radius 3 is 2.70 bits per heavy atom. The van der Waals surface area contributed by atoms with Gasteiger partial charge in [0.1, 0.15) is 0 Å². The van der Waals surface area contributed by atoms with Crippen molar-refractivity contribution in [3.05, 3.63) is 0 Å². The Balaban J connectivity index is 1.80. The molecule has 3 nitrogen and oxygen atoms in total. The highest BCUT2D eigenvalue weighted by molar-refractivity contribution is 4.90. The average molecular weight is 282 g/mol. The van der Waals surface area contributed by atoms with Crippen molar-refractivity contribution in [1.82, 2.24) is 10.2 Å². The first kappa shape index (κ1) is 16.3. The lowest BCUT2D eigenvalue weighted by atomic mass is 9.77. The van der Waals surface area contributed by atoms with E-state index >= 15 is 0 Å². The summed E-state index contributed by atoms with van der Waals surface area (Å²) in [5.74, 6) is 1.70. The van der Waals surface area contributed by atoms with Crippen LogP contribution in [0.2, 0.25) is 0 Å². The van der Waals surface area contributed by atoms with Crippen LogP contribution in [0.1, 0.15) is 52.4 Å².